The van der Waals surface area contributed by atoms with Crippen LogP contribution in [0.1, 0.15) is 26.3 Å². The molecule has 0 amide bonds. The number of hydrogen-bond acceptors (Lipinski definition) is 8. The van der Waals surface area contributed by atoms with E-state index in [0.29, 0.717) is 16.9 Å². The number of benzene rings is 4. The van der Waals surface area contributed by atoms with E-state index in [1.165, 1.54) is 61.5 Å². The van der Waals surface area contributed by atoms with Crippen molar-refractivity contribution in [2.75, 3.05) is 11.5 Å². The number of halogens is 1. The summed E-state index contributed by atoms with van der Waals surface area (Å²) in [6.07, 6.45) is 0. The van der Waals surface area contributed by atoms with Crippen LogP contribution in [0.15, 0.2) is 94.1 Å². The maximum absolute atomic E-state index is 13.8. The summed E-state index contributed by atoms with van der Waals surface area (Å²) >= 11 is 0. The van der Waals surface area contributed by atoms with Gasteiger partial charge in [0.05, 0.1) is 16.5 Å². The Balaban J connectivity index is 1.58. The van der Waals surface area contributed by atoms with Crippen LogP contribution in [0.4, 0.5) is 15.8 Å². The summed E-state index contributed by atoms with van der Waals surface area (Å²) in [6, 6.07) is 20.2. The zero-order valence-corrected chi connectivity index (χ0v) is 20.6. The van der Waals surface area contributed by atoms with Gasteiger partial charge in [-0.25, -0.2) is 14.0 Å². The summed E-state index contributed by atoms with van der Waals surface area (Å²) < 4.78 is 30.8. The van der Waals surface area contributed by atoms with Gasteiger partial charge in [0.2, 0.25) is 0 Å². The molecule has 0 aliphatic rings. The van der Waals surface area contributed by atoms with E-state index in [2.05, 4.69) is 0 Å². The third-order valence-electron chi connectivity index (χ3n) is 5.94. The van der Waals surface area contributed by atoms with Gasteiger partial charge >= 0.3 is 11.9 Å². The summed E-state index contributed by atoms with van der Waals surface area (Å²) in [5.41, 5.74) is 13.0. The number of nitrogens with two attached hydrogens (primary N) is 2. The fourth-order valence-electron chi connectivity index (χ4n) is 3.93. The van der Waals surface area contributed by atoms with Crippen LogP contribution in [-0.4, -0.2) is 11.9 Å². The Morgan fingerprint density at radius 3 is 1.77 bits per heavy atom. The van der Waals surface area contributed by atoms with Gasteiger partial charge in [0.15, 0.2) is 5.43 Å². The summed E-state index contributed by atoms with van der Waals surface area (Å²) in [7, 11) is 0. The average molecular weight is 525 g/mol. The van der Waals surface area contributed by atoms with Crippen molar-refractivity contribution in [3.8, 4) is 22.8 Å². The monoisotopic (exact) mass is 524 g/mol. The zero-order valence-electron chi connectivity index (χ0n) is 20.6. The van der Waals surface area contributed by atoms with Crippen LogP contribution in [0.2, 0.25) is 0 Å². The molecule has 8 nitrogen and oxygen atoms in total. The van der Waals surface area contributed by atoms with Crippen LogP contribution in [0.5, 0.6) is 11.5 Å². The fraction of sp³-hybridized carbons (Fsp3) is 0.0333. The molecule has 0 saturated heterocycles. The molecule has 1 aromatic heterocycles. The molecule has 0 fully saturated rings. The quantitative estimate of drug-likeness (QED) is 0.175. The molecule has 9 heteroatoms. The minimum absolute atomic E-state index is 0.0238. The number of rotatable bonds is 5. The minimum Gasteiger partial charge on any atom is -0.456 e. The smallest absolute Gasteiger partial charge is 0.343 e. The Hall–Kier alpha value is -5.44. The van der Waals surface area contributed by atoms with Gasteiger partial charge in [-0.3, -0.25) is 4.79 Å². The topological polar surface area (TPSA) is 135 Å². The van der Waals surface area contributed by atoms with Crippen LogP contribution in [0.25, 0.3) is 22.3 Å². The SMILES string of the molecule is Cc1c(-c2cc(OC(=O)c3ccc(N)cc3)cc(OC(=O)c3ccc(N)cc3)c2)oc2ccc(F)cc2c1=O. The molecule has 0 atom stereocenters. The summed E-state index contributed by atoms with van der Waals surface area (Å²) in [6.45, 7) is 1.53. The second-order valence-electron chi connectivity index (χ2n) is 8.74. The Morgan fingerprint density at radius 1 is 0.744 bits per heavy atom. The predicted octanol–water partition coefficient (Wildman–Crippen LogP) is 5.51. The van der Waals surface area contributed by atoms with Crippen molar-refractivity contribution in [3.05, 3.63) is 118 Å². The lowest BCUT2D eigenvalue weighted by Crippen LogP contribution is -2.11. The number of carbonyl (C=O) groups is 2. The molecule has 39 heavy (non-hydrogen) atoms. The number of hydrogen-bond donors (Lipinski definition) is 2. The molecule has 0 aliphatic carbocycles. The van der Waals surface area contributed by atoms with Crippen LogP contribution < -0.4 is 26.4 Å². The summed E-state index contributed by atoms with van der Waals surface area (Å²) in [5, 5.41) is 0.0807. The number of nitrogen functional groups attached to an aromatic ring is 2. The molecule has 0 bridgehead atoms. The van der Waals surface area contributed by atoms with Crippen molar-refractivity contribution in [3.63, 3.8) is 0 Å². The molecule has 5 aromatic rings. The first-order valence-corrected chi connectivity index (χ1v) is 11.7. The minimum atomic E-state index is -0.685. The Bertz CT molecular complexity index is 1720. The van der Waals surface area contributed by atoms with Crippen LogP contribution in [0.3, 0.4) is 0 Å². The van der Waals surface area contributed by atoms with Crippen LogP contribution in [0, 0.1) is 12.7 Å². The fourth-order valence-corrected chi connectivity index (χ4v) is 3.93. The van der Waals surface area contributed by atoms with E-state index in [9.17, 15) is 18.8 Å². The Morgan fingerprint density at radius 2 is 1.26 bits per heavy atom. The van der Waals surface area contributed by atoms with Crippen molar-refractivity contribution < 1.29 is 27.9 Å². The van der Waals surface area contributed by atoms with Gasteiger partial charge in [-0.2, -0.15) is 0 Å². The summed E-state index contributed by atoms with van der Waals surface area (Å²) in [5.74, 6) is -1.76. The van der Waals surface area contributed by atoms with E-state index in [1.54, 1.807) is 24.3 Å². The van der Waals surface area contributed by atoms with Crippen molar-refractivity contribution in [1.29, 1.82) is 0 Å². The molecule has 0 saturated carbocycles. The number of anilines is 2. The Labute approximate surface area is 221 Å². The maximum atomic E-state index is 13.8. The first-order valence-electron chi connectivity index (χ1n) is 11.7. The number of esters is 2. The highest BCUT2D eigenvalue weighted by atomic mass is 19.1. The third-order valence-corrected chi connectivity index (χ3v) is 5.94. The molecular weight excluding hydrogens is 503 g/mol. The number of carbonyl (C=O) groups excluding carboxylic acids is 2. The molecule has 4 N–H and O–H groups in total. The van der Waals surface area contributed by atoms with Gasteiger partial charge in [0, 0.05) is 28.6 Å². The Kier molecular flexibility index (Phi) is 6.56. The molecule has 5 rings (SSSR count). The van der Waals surface area contributed by atoms with Crippen molar-refractivity contribution in [1.82, 2.24) is 0 Å². The zero-order chi connectivity index (χ0) is 27.7. The molecule has 194 valence electrons. The molecular formula is C30H21FN2O6. The van der Waals surface area contributed by atoms with Gasteiger partial charge in [0.25, 0.3) is 0 Å². The van der Waals surface area contributed by atoms with Crippen molar-refractivity contribution >= 4 is 34.3 Å². The molecule has 1 heterocycles. The third kappa shape index (κ3) is 5.33. The van der Waals surface area contributed by atoms with E-state index in [0.717, 1.165) is 6.07 Å². The molecule has 0 spiro atoms. The number of fused-ring (bicyclic) bond motifs is 1. The maximum Gasteiger partial charge on any atom is 0.343 e. The van der Waals surface area contributed by atoms with Gasteiger partial charge in [-0.15, -0.1) is 0 Å². The first kappa shape index (κ1) is 25.2. The average Bonchev–Trinajstić information content (AvgIpc) is 2.91. The van der Waals surface area contributed by atoms with Gasteiger partial charge in [-0.1, -0.05) is 0 Å². The predicted molar refractivity (Wildman–Crippen MR) is 144 cm³/mol. The number of ether oxygens (including phenoxy) is 2. The van der Waals surface area contributed by atoms with E-state index in [1.807, 2.05) is 0 Å². The normalized spacial score (nSPS) is 10.8. The van der Waals surface area contributed by atoms with Crippen LogP contribution >= 0.6 is 0 Å². The first-order chi connectivity index (χ1) is 18.7. The highest BCUT2D eigenvalue weighted by molar-refractivity contribution is 5.93. The van der Waals surface area contributed by atoms with Gasteiger partial charge in [-0.05, 0) is 85.8 Å². The lowest BCUT2D eigenvalue weighted by atomic mass is 10.0. The van der Waals surface area contributed by atoms with Gasteiger partial charge < -0.3 is 25.4 Å². The highest BCUT2D eigenvalue weighted by Crippen LogP contribution is 2.33. The largest absolute Gasteiger partial charge is 0.456 e. The highest BCUT2D eigenvalue weighted by Gasteiger charge is 2.19. The molecule has 4 aromatic carbocycles. The molecule has 0 radical (unpaired) electrons. The molecule has 0 aliphatic heterocycles. The van der Waals surface area contributed by atoms with E-state index in [-0.39, 0.29) is 44.9 Å². The van der Waals surface area contributed by atoms with Crippen LogP contribution in [-0.2, 0) is 0 Å². The van der Waals surface area contributed by atoms with Gasteiger partial charge in [0.1, 0.15) is 28.7 Å². The van der Waals surface area contributed by atoms with Crippen molar-refractivity contribution in [2.24, 2.45) is 0 Å². The van der Waals surface area contributed by atoms with E-state index >= 15 is 0 Å². The van der Waals surface area contributed by atoms with E-state index in [4.69, 9.17) is 25.4 Å². The summed E-state index contributed by atoms with van der Waals surface area (Å²) in [4.78, 5) is 38.6. The van der Waals surface area contributed by atoms with E-state index < -0.39 is 23.2 Å². The standard InChI is InChI=1S/C30H21FN2O6/c1-16-27(34)25-14-20(31)6-11-26(25)39-28(16)19-12-23(37-29(35)17-2-7-21(32)8-3-17)15-24(13-19)38-30(36)18-4-9-22(33)10-5-18/h2-15H,32-33H2,1H3. The molecule has 0 unspecified atom stereocenters. The second kappa shape index (κ2) is 10.1. The van der Waals surface area contributed by atoms with Crippen molar-refractivity contribution in [2.45, 2.75) is 6.92 Å². The second-order valence-corrected chi connectivity index (χ2v) is 8.74. The lowest BCUT2D eigenvalue weighted by molar-refractivity contribution is 0.0733. The lowest BCUT2D eigenvalue weighted by Gasteiger charge is -2.12.